The fraction of sp³-hybridized carbons (Fsp3) is 0.700. The molecule has 1 heterocycles. The van der Waals surface area contributed by atoms with Gasteiger partial charge in [0.05, 0.1) is 11.5 Å². The van der Waals surface area contributed by atoms with Gasteiger partial charge in [0, 0.05) is 19.6 Å². The van der Waals surface area contributed by atoms with Gasteiger partial charge in [0.15, 0.2) is 14.9 Å². The maximum Gasteiger partial charge on any atom is 0.169 e. The van der Waals surface area contributed by atoms with E-state index in [2.05, 4.69) is 11.9 Å². The van der Waals surface area contributed by atoms with Crippen LogP contribution in [0, 0.1) is 0 Å². The molecule has 1 aliphatic rings. The molecule has 0 amide bonds. The summed E-state index contributed by atoms with van der Waals surface area (Å²) in [6.07, 6.45) is 0.660. The van der Waals surface area contributed by atoms with Gasteiger partial charge in [0.1, 0.15) is 0 Å². The van der Waals surface area contributed by atoms with Gasteiger partial charge in [0.25, 0.3) is 0 Å². The number of hydrogen-bond donors (Lipinski definition) is 1. The summed E-state index contributed by atoms with van der Waals surface area (Å²) in [5.74, 6) is 0.476. The van der Waals surface area contributed by atoms with Crippen LogP contribution in [0.25, 0.3) is 0 Å². The number of thiocarbonyl (C=S) groups is 1. The number of sulfone groups is 1. The maximum absolute atomic E-state index is 11.3. The molecule has 1 aliphatic heterocycles. The molecule has 92 valence electrons. The summed E-state index contributed by atoms with van der Waals surface area (Å²) in [5, 5.41) is 3.64. The lowest BCUT2D eigenvalue weighted by Crippen LogP contribution is -2.44. The molecule has 0 radical (unpaired) electrons. The number of hydrogen-bond acceptors (Lipinski definition) is 3. The second-order valence-electron chi connectivity index (χ2n) is 4.28. The van der Waals surface area contributed by atoms with Crippen molar-refractivity contribution in [2.45, 2.75) is 19.4 Å². The summed E-state index contributed by atoms with van der Waals surface area (Å²) in [7, 11) is -1.02. The van der Waals surface area contributed by atoms with Gasteiger partial charge in [-0.3, -0.25) is 0 Å². The molecule has 6 heteroatoms. The third-order valence-electron chi connectivity index (χ3n) is 2.62. The third kappa shape index (κ3) is 3.75. The van der Waals surface area contributed by atoms with Crippen LogP contribution in [-0.4, -0.2) is 49.6 Å². The first-order valence-corrected chi connectivity index (χ1v) is 7.40. The molecule has 1 unspecified atom stereocenters. The minimum absolute atomic E-state index is 0.00937. The highest BCUT2D eigenvalue weighted by Crippen LogP contribution is 2.16. The predicted molar refractivity (Wildman–Crippen MR) is 70.2 cm³/mol. The van der Waals surface area contributed by atoms with Crippen LogP contribution in [0.4, 0.5) is 0 Å². The van der Waals surface area contributed by atoms with Crippen LogP contribution >= 0.6 is 12.2 Å². The van der Waals surface area contributed by atoms with Gasteiger partial charge >= 0.3 is 0 Å². The SMILES string of the molecule is C=C(C)CNC(=S)N(C)C1CCS(=O)(=O)C1. The Morgan fingerprint density at radius 2 is 2.25 bits per heavy atom. The Labute approximate surface area is 103 Å². The van der Waals surface area contributed by atoms with Gasteiger partial charge < -0.3 is 10.2 Å². The molecule has 1 rings (SSSR count). The summed E-state index contributed by atoms with van der Waals surface area (Å²) in [5.41, 5.74) is 0.995. The van der Waals surface area contributed by atoms with Crippen molar-refractivity contribution in [3.05, 3.63) is 12.2 Å². The minimum atomic E-state index is -2.85. The highest BCUT2D eigenvalue weighted by molar-refractivity contribution is 7.91. The monoisotopic (exact) mass is 262 g/mol. The van der Waals surface area contributed by atoms with Crippen LogP contribution in [0.3, 0.4) is 0 Å². The smallest absolute Gasteiger partial charge is 0.169 e. The van der Waals surface area contributed by atoms with Gasteiger partial charge in [-0.2, -0.15) is 0 Å². The molecule has 0 bridgehead atoms. The van der Waals surface area contributed by atoms with Crippen molar-refractivity contribution in [3.63, 3.8) is 0 Å². The van der Waals surface area contributed by atoms with Crippen molar-refractivity contribution in [1.82, 2.24) is 10.2 Å². The molecule has 1 saturated heterocycles. The molecule has 0 saturated carbocycles. The average Bonchev–Trinajstić information content (AvgIpc) is 2.54. The molecule has 0 spiro atoms. The van der Waals surface area contributed by atoms with E-state index < -0.39 is 9.84 Å². The zero-order valence-electron chi connectivity index (χ0n) is 9.69. The maximum atomic E-state index is 11.3. The zero-order chi connectivity index (χ0) is 12.3. The molecule has 0 aromatic carbocycles. The average molecular weight is 262 g/mol. The summed E-state index contributed by atoms with van der Waals surface area (Å²) in [6.45, 7) is 6.31. The molecule has 16 heavy (non-hydrogen) atoms. The first-order chi connectivity index (χ1) is 7.32. The summed E-state index contributed by atoms with van der Waals surface area (Å²) >= 11 is 5.19. The lowest BCUT2D eigenvalue weighted by molar-refractivity contribution is 0.391. The molecule has 0 aromatic heterocycles. The normalized spacial score (nSPS) is 22.8. The standard InChI is InChI=1S/C10H18N2O2S2/c1-8(2)6-11-10(15)12(3)9-4-5-16(13,14)7-9/h9H,1,4-7H2,2-3H3,(H,11,15). The van der Waals surface area contributed by atoms with Crippen molar-refractivity contribution in [2.75, 3.05) is 25.1 Å². The first kappa shape index (κ1) is 13.4. The molecule has 1 fully saturated rings. The molecule has 0 aromatic rings. The molecule has 1 atom stereocenters. The van der Waals surface area contributed by atoms with Crippen LogP contribution in [-0.2, 0) is 9.84 Å². The Kier molecular flexibility index (Phi) is 4.32. The van der Waals surface area contributed by atoms with Crippen LogP contribution in [0.1, 0.15) is 13.3 Å². The van der Waals surface area contributed by atoms with E-state index in [0.717, 1.165) is 5.57 Å². The predicted octanol–water partition coefficient (Wildman–Crippen LogP) is 0.556. The fourth-order valence-corrected chi connectivity index (χ4v) is 3.59. The largest absolute Gasteiger partial charge is 0.359 e. The summed E-state index contributed by atoms with van der Waals surface area (Å²) < 4.78 is 22.7. The highest BCUT2D eigenvalue weighted by atomic mass is 32.2. The fourth-order valence-electron chi connectivity index (χ4n) is 1.60. The Morgan fingerprint density at radius 1 is 1.62 bits per heavy atom. The molecule has 4 nitrogen and oxygen atoms in total. The van der Waals surface area contributed by atoms with E-state index in [1.54, 1.807) is 0 Å². The molecule has 0 aliphatic carbocycles. The van der Waals surface area contributed by atoms with Crippen LogP contribution in [0.2, 0.25) is 0 Å². The van der Waals surface area contributed by atoms with Crippen molar-refractivity contribution in [3.8, 4) is 0 Å². The Morgan fingerprint density at radius 3 is 2.69 bits per heavy atom. The van der Waals surface area contributed by atoms with Gasteiger partial charge in [-0.15, -0.1) is 0 Å². The second kappa shape index (κ2) is 5.14. The lowest BCUT2D eigenvalue weighted by atomic mass is 10.2. The van der Waals surface area contributed by atoms with Crippen molar-refractivity contribution < 1.29 is 8.42 Å². The number of nitrogens with one attached hydrogen (secondary N) is 1. The zero-order valence-corrected chi connectivity index (χ0v) is 11.3. The molecule has 1 N–H and O–H groups in total. The number of nitrogens with zero attached hydrogens (tertiary/aromatic N) is 1. The number of rotatable bonds is 3. The first-order valence-electron chi connectivity index (χ1n) is 5.17. The Hall–Kier alpha value is -0.620. The van der Waals surface area contributed by atoms with Crippen LogP contribution in [0.15, 0.2) is 12.2 Å². The third-order valence-corrected chi connectivity index (χ3v) is 4.80. The molecular weight excluding hydrogens is 244 g/mol. The van der Waals surface area contributed by atoms with Gasteiger partial charge in [-0.25, -0.2) is 8.42 Å². The molecular formula is C10H18N2O2S2. The Bertz CT molecular complexity index is 390. The minimum Gasteiger partial charge on any atom is -0.359 e. The lowest BCUT2D eigenvalue weighted by Gasteiger charge is -2.26. The van der Waals surface area contributed by atoms with E-state index in [4.69, 9.17) is 12.2 Å². The van der Waals surface area contributed by atoms with E-state index >= 15 is 0 Å². The van der Waals surface area contributed by atoms with E-state index in [-0.39, 0.29) is 17.5 Å². The van der Waals surface area contributed by atoms with E-state index in [1.807, 2.05) is 18.9 Å². The van der Waals surface area contributed by atoms with Crippen molar-refractivity contribution >= 4 is 27.2 Å². The van der Waals surface area contributed by atoms with E-state index in [1.165, 1.54) is 0 Å². The van der Waals surface area contributed by atoms with Crippen LogP contribution in [0.5, 0.6) is 0 Å². The van der Waals surface area contributed by atoms with E-state index in [9.17, 15) is 8.42 Å². The quantitative estimate of drug-likeness (QED) is 0.595. The topological polar surface area (TPSA) is 49.4 Å². The van der Waals surface area contributed by atoms with E-state index in [0.29, 0.717) is 18.1 Å². The van der Waals surface area contributed by atoms with Crippen molar-refractivity contribution in [1.29, 1.82) is 0 Å². The van der Waals surface area contributed by atoms with Gasteiger partial charge in [0.2, 0.25) is 0 Å². The van der Waals surface area contributed by atoms with Crippen molar-refractivity contribution in [2.24, 2.45) is 0 Å². The highest BCUT2D eigenvalue weighted by Gasteiger charge is 2.31. The summed E-state index contributed by atoms with van der Waals surface area (Å²) in [4.78, 5) is 1.84. The van der Waals surface area contributed by atoms with Gasteiger partial charge in [-0.1, -0.05) is 12.2 Å². The van der Waals surface area contributed by atoms with Crippen LogP contribution < -0.4 is 5.32 Å². The summed E-state index contributed by atoms with van der Waals surface area (Å²) in [6, 6.07) is 0.00937. The second-order valence-corrected chi connectivity index (χ2v) is 6.90. The van der Waals surface area contributed by atoms with Gasteiger partial charge in [-0.05, 0) is 25.6 Å². The Balaban J connectivity index is 2.49.